The maximum Gasteiger partial charge on any atom is -0.0162 e. The summed E-state index contributed by atoms with van der Waals surface area (Å²) in [5, 5.41) is 0. The van der Waals surface area contributed by atoms with Gasteiger partial charge in [0, 0.05) is 0 Å². The van der Waals surface area contributed by atoms with E-state index in [1.807, 2.05) is 0 Å². The van der Waals surface area contributed by atoms with Gasteiger partial charge in [-0.3, -0.25) is 0 Å². The third-order valence-electron chi connectivity index (χ3n) is 9.99. The Balaban J connectivity index is 1.44. The number of rotatable bonds is 9. The molecule has 3 aliphatic carbocycles. The molecule has 0 nitrogen and oxygen atoms in total. The Kier molecular flexibility index (Phi) is 8.96. The van der Waals surface area contributed by atoms with E-state index < -0.39 is 0 Å². The van der Waals surface area contributed by atoms with Gasteiger partial charge < -0.3 is 0 Å². The van der Waals surface area contributed by atoms with Crippen molar-refractivity contribution in [1.29, 1.82) is 0 Å². The summed E-state index contributed by atoms with van der Waals surface area (Å²) in [6.45, 7) is 6.47. The first-order chi connectivity index (χ1) is 15.7. The summed E-state index contributed by atoms with van der Waals surface area (Å²) < 4.78 is 0. The molecule has 3 fully saturated rings. The lowest BCUT2D eigenvalue weighted by Crippen LogP contribution is -2.41. The molecular formula is C32H50. The quantitative estimate of drug-likeness (QED) is 0.339. The molecule has 3 saturated carbocycles. The zero-order chi connectivity index (χ0) is 22.2. The molecular weight excluding hydrogens is 384 g/mol. The first-order valence-electron chi connectivity index (χ1n) is 14.5. The highest BCUT2D eigenvalue weighted by Crippen LogP contribution is 2.54. The molecule has 4 rings (SSSR count). The van der Waals surface area contributed by atoms with Gasteiger partial charge in [0.1, 0.15) is 0 Å². The Morgan fingerprint density at radius 1 is 0.750 bits per heavy atom. The zero-order valence-electron chi connectivity index (χ0n) is 21.1. The smallest absolute Gasteiger partial charge is 0.0162 e. The summed E-state index contributed by atoms with van der Waals surface area (Å²) in [4.78, 5) is 0. The topological polar surface area (TPSA) is 0 Å². The second-order valence-electron chi connectivity index (χ2n) is 11.7. The van der Waals surface area contributed by atoms with Crippen molar-refractivity contribution in [2.45, 2.75) is 128 Å². The molecule has 0 amide bonds. The van der Waals surface area contributed by atoms with Crippen LogP contribution < -0.4 is 0 Å². The third-order valence-corrected chi connectivity index (χ3v) is 9.99. The Morgan fingerprint density at radius 2 is 1.31 bits per heavy atom. The molecule has 0 spiro atoms. The predicted octanol–water partition coefficient (Wildman–Crippen LogP) is 10.0. The zero-order valence-corrected chi connectivity index (χ0v) is 21.1. The summed E-state index contributed by atoms with van der Waals surface area (Å²) in [5.41, 5.74) is 3.81. The van der Waals surface area contributed by atoms with Crippen molar-refractivity contribution in [3.05, 3.63) is 48.0 Å². The van der Waals surface area contributed by atoms with Crippen molar-refractivity contribution in [3.8, 4) is 0 Å². The van der Waals surface area contributed by atoms with Crippen LogP contribution in [0.2, 0.25) is 0 Å². The Bertz CT molecular complexity index is 644. The van der Waals surface area contributed by atoms with Gasteiger partial charge in [-0.25, -0.2) is 0 Å². The van der Waals surface area contributed by atoms with E-state index in [9.17, 15) is 0 Å². The van der Waals surface area contributed by atoms with E-state index in [2.05, 4.69) is 43.8 Å². The average molecular weight is 435 g/mol. The van der Waals surface area contributed by atoms with E-state index in [4.69, 9.17) is 0 Å². The molecule has 0 heteroatoms. The highest BCUT2D eigenvalue weighted by molar-refractivity contribution is 5.26. The van der Waals surface area contributed by atoms with Gasteiger partial charge in [0.2, 0.25) is 0 Å². The Hall–Kier alpha value is -1.04. The fraction of sp³-hybridized carbons (Fsp3) is 0.750. The van der Waals surface area contributed by atoms with Gasteiger partial charge in [-0.15, -0.1) is 6.58 Å². The van der Waals surface area contributed by atoms with Crippen LogP contribution >= 0.6 is 0 Å². The third kappa shape index (κ3) is 5.71. The molecule has 178 valence electrons. The Morgan fingerprint density at radius 3 is 1.81 bits per heavy atom. The molecule has 0 aromatic heterocycles. The van der Waals surface area contributed by atoms with Gasteiger partial charge in [-0.1, -0.05) is 82.2 Å². The summed E-state index contributed by atoms with van der Waals surface area (Å²) >= 11 is 0. The number of aryl methyl sites for hydroxylation is 1. The molecule has 0 atom stereocenters. The van der Waals surface area contributed by atoms with Crippen LogP contribution in [0.25, 0.3) is 0 Å². The lowest BCUT2D eigenvalue weighted by molar-refractivity contribution is 0.00439. The SMILES string of the molecule is C=CC1CCC(c2ccc(CCC(CCC)(C3CCCCC3)C3CCCCC3)cc2)CC1. The second-order valence-corrected chi connectivity index (χ2v) is 11.7. The van der Waals surface area contributed by atoms with Gasteiger partial charge in [0.25, 0.3) is 0 Å². The number of benzene rings is 1. The molecule has 0 aliphatic heterocycles. The van der Waals surface area contributed by atoms with E-state index in [1.165, 1.54) is 116 Å². The largest absolute Gasteiger partial charge is 0.103 e. The predicted molar refractivity (Wildman–Crippen MR) is 140 cm³/mol. The van der Waals surface area contributed by atoms with E-state index in [0.29, 0.717) is 5.41 Å². The van der Waals surface area contributed by atoms with Crippen molar-refractivity contribution in [2.75, 3.05) is 0 Å². The number of allylic oxidation sites excluding steroid dienone is 1. The number of hydrogen-bond acceptors (Lipinski definition) is 0. The minimum atomic E-state index is 0.622. The van der Waals surface area contributed by atoms with Gasteiger partial charge in [0.05, 0.1) is 0 Å². The Labute approximate surface area is 199 Å². The van der Waals surface area contributed by atoms with Crippen LogP contribution in [0.3, 0.4) is 0 Å². The molecule has 1 aromatic rings. The van der Waals surface area contributed by atoms with Crippen LogP contribution in [0, 0.1) is 23.2 Å². The highest BCUT2D eigenvalue weighted by Gasteiger charge is 2.44. The summed E-state index contributed by atoms with van der Waals surface area (Å²) in [5.74, 6) is 3.54. The van der Waals surface area contributed by atoms with Crippen molar-refractivity contribution >= 4 is 0 Å². The normalized spacial score (nSPS) is 26.2. The standard InChI is InChI=1S/C32H50/c1-3-24-32(30-11-7-5-8-12-30,31-13-9-6-10-14-31)25-23-27-17-21-29(22-18-27)28-19-15-26(4-2)16-20-28/h4,17-18,21-22,26,28,30-31H,2-3,5-16,19-20,23-25H2,1H3. The molecule has 1 aromatic carbocycles. The lowest BCUT2D eigenvalue weighted by Gasteiger charge is -2.50. The number of hydrogen-bond donors (Lipinski definition) is 0. The van der Waals surface area contributed by atoms with Gasteiger partial charge in [0.15, 0.2) is 0 Å². The van der Waals surface area contributed by atoms with Crippen LogP contribution in [0.15, 0.2) is 36.9 Å². The van der Waals surface area contributed by atoms with Crippen molar-refractivity contribution in [3.63, 3.8) is 0 Å². The van der Waals surface area contributed by atoms with E-state index in [1.54, 1.807) is 11.1 Å². The molecule has 32 heavy (non-hydrogen) atoms. The molecule has 0 N–H and O–H groups in total. The van der Waals surface area contributed by atoms with E-state index >= 15 is 0 Å². The van der Waals surface area contributed by atoms with Gasteiger partial charge in [-0.05, 0) is 111 Å². The summed E-state index contributed by atoms with van der Waals surface area (Å²) in [7, 11) is 0. The average Bonchev–Trinajstić information content (AvgIpc) is 2.88. The van der Waals surface area contributed by atoms with Gasteiger partial charge >= 0.3 is 0 Å². The highest BCUT2D eigenvalue weighted by atomic mass is 14.5. The van der Waals surface area contributed by atoms with Crippen molar-refractivity contribution in [2.24, 2.45) is 23.2 Å². The van der Waals surface area contributed by atoms with Crippen LogP contribution in [0.5, 0.6) is 0 Å². The fourth-order valence-electron chi connectivity index (χ4n) is 8.12. The molecule has 0 unspecified atom stereocenters. The van der Waals surface area contributed by atoms with Crippen LogP contribution in [-0.4, -0.2) is 0 Å². The van der Waals surface area contributed by atoms with Crippen LogP contribution in [0.4, 0.5) is 0 Å². The minimum absolute atomic E-state index is 0.622. The molecule has 0 heterocycles. The van der Waals surface area contributed by atoms with Crippen LogP contribution in [-0.2, 0) is 6.42 Å². The van der Waals surface area contributed by atoms with E-state index in [0.717, 1.165) is 23.7 Å². The monoisotopic (exact) mass is 434 g/mol. The van der Waals surface area contributed by atoms with E-state index in [-0.39, 0.29) is 0 Å². The first-order valence-corrected chi connectivity index (χ1v) is 14.5. The fourth-order valence-corrected chi connectivity index (χ4v) is 8.12. The van der Waals surface area contributed by atoms with Gasteiger partial charge in [-0.2, -0.15) is 0 Å². The van der Waals surface area contributed by atoms with Crippen molar-refractivity contribution in [1.82, 2.24) is 0 Å². The molecule has 3 aliphatic rings. The summed E-state index contributed by atoms with van der Waals surface area (Å²) in [6.07, 6.45) is 28.1. The molecule has 0 radical (unpaired) electrons. The maximum absolute atomic E-state index is 4.01. The molecule has 0 saturated heterocycles. The van der Waals surface area contributed by atoms with Crippen molar-refractivity contribution < 1.29 is 0 Å². The second kappa shape index (κ2) is 11.9. The first kappa shape index (κ1) is 24.1. The summed E-state index contributed by atoms with van der Waals surface area (Å²) in [6, 6.07) is 9.95. The lowest BCUT2D eigenvalue weighted by atomic mass is 9.55. The van der Waals surface area contributed by atoms with Crippen LogP contribution in [0.1, 0.15) is 133 Å². The molecule has 0 bridgehead atoms. The minimum Gasteiger partial charge on any atom is -0.103 e. The maximum atomic E-state index is 4.01.